The fourth-order valence-corrected chi connectivity index (χ4v) is 4.87. The lowest BCUT2D eigenvalue weighted by Crippen LogP contribution is -2.40. The minimum absolute atomic E-state index is 0.0473. The fraction of sp³-hybridized carbons (Fsp3) is 0.261. The number of hydrogen-bond donors (Lipinski definition) is 2. The number of amides is 2. The Morgan fingerprint density at radius 2 is 1.80 bits per heavy atom. The number of rotatable bonds is 2. The molecule has 0 aliphatic carbocycles. The van der Waals surface area contributed by atoms with E-state index in [-0.39, 0.29) is 24.2 Å². The van der Waals surface area contributed by atoms with Crippen molar-refractivity contribution in [3.63, 3.8) is 0 Å². The number of aromatic amines is 2. The van der Waals surface area contributed by atoms with Crippen LogP contribution in [-0.4, -0.2) is 45.0 Å². The van der Waals surface area contributed by atoms with Crippen LogP contribution in [0.4, 0.5) is 5.82 Å². The van der Waals surface area contributed by atoms with Crippen LogP contribution in [0.2, 0.25) is 0 Å². The van der Waals surface area contributed by atoms with Crippen molar-refractivity contribution in [3.8, 4) is 0 Å². The largest absolute Gasteiger partial charge is 0.357 e. The molecule has 2 aromatic carbocycles. The highest BCUT2D eigenvalue weighted by Crippen LogP contribution is 2.32. The molecule has 2 aliphatic rings. The second kappa shape index (κ2) is 6.45. The average molecular weight is 399 g/mol. The molecule has 1 atom stereocenters. The third-order valence-electron chi connectivity index (χ3n) is 6.37. The summed E-state index contributed by atoms with van der Waals surface area (Å²) in [6.07, 6.45) is 1.07. The lowest BCUT2D eigenvalue weighted by molar-refractivity contribution is -0.136. The Hall–Kier alpha value is -3.61. The standard InChI is InChI=1S/C23H21N5O2/c29-21-11-14(12-28(21)22-17-6-2-4-8-19(17)25-26-22)23(30)27-10-9-16-15-5-1-3-7-18(15)24-20(16)13-27/h1-8,14,24H,9-13H2,(H,25,26). The Bertz CT molecular complexity index is 1300. The average Bonchev–Trinajstić information content (AvgIpc) is 3.47. The third-order valence-corrected chi connectivity index (χ3v) is 6.37. The number of H-pyrrole nitrogens is 2. The Morgan fingerprint density at radius 3 is 2.67 bits per heavy atom. The van der Waals surface area contributed by atoms with Gasteiger partial charge in [0, 0.05) is 41.5 Å². The first-order chi connectivity index (χ1) is 14.7. The monoisotopic (exact) mass is 399 g/mol. The second-order valence-electron chi connectivity index (χ2n) is 8.14. The van der Waals surface area contributed by atoms with Crippen LogP contribution in [0.15, 0.2) is 48.5 Å². The zero-order chi connectivity index (χ0) is 20.2. The lowest BCUT2D eigenvalue weighted by atomic mass is 10.0. The van der Waals surface area contributed by atoms with Crippen LogP contribution in [0, 0.1) is 5.92 Å². The van der Waals surface area contributed by atoms with Crippen LogP contribution in [0.5, 0.6) is 0 Å². The van der Waals surface area contributed by atoms with Crippen molar-refractivity contribution >= 4 is 39.4 Å². The quantitative estimate of drug-likeness (QED) is 0.543. The summed E-state index contributed by atoms with van der Waals surface area (Å²) in [6, 6.07) is 16.0. The van der Waals surface area contributed by atoms with Crippen molar-refractivity contribution in [1.29, 1.82) is 0 Å². The molecule has 7 heteroatoms. The summed E-state index contributed by atoms with van der Waals surface area (Å²) in [7, 11) is 0. The van der Waals surface area contributed by atoms with Gasteiger partial charge in [-0.1, -0.05) is 30.3 Å². The first-order valence-electron chi connectivity index (χ1n) is 10.3. The minimum Gasteiger partial charge on any atom is -0.357 e. The number of para-hydroxylation sites is 2. The number of carbonyl (C=O) groups excluding carboxylic acids is 2. The molecule has 2 aliphatic heterocycles. The highest BCUT2D eigenvalue weighted by atomic mass is 16.2. The van der Waals surface area contributed by atoms with E-state index in [0.29, 0.717) is 25.5 Å². The lowest BCUT2D eigenvalue weighted by Gasteiger charge is -2.29. The summed E-state index contributed by atoms with van der Waals surface area (Å²) < 4.78 is 0. The molecule has 30 heavy (non-hydrogen) atoms. The van der Waals surface area contributed by atoms with Gasteiger partial charge in [-0.05, 0) is 30.2 Å². The number of hydrogen-bond acceptors (Lipinski definition) is 3. The summed E-state index contributed by atoms with van der Waals surface area (Å²) in [4.78, 5) is 33.0. The SMILES string of the molecule is O=C(C1CC(=O)N(c2n[nH]c3ccccc23)C1)N1CCc2c([nH]c3ccccc23)C1. The summed E-state index contributed by atoms with van der Waals surface area (Å²) in [5.74, 6) is 0.283. The number of benzene rings is 2. The van der Waals surface area contributed by atoms with Gasteiger partial charge in [0.15, 0.2) is 5.82 Å². The van der Waals surface area contributed by atoms with E-state index in [1.54, 1.807) is 4.90 Å². The van der Waals surface area contributed by atoms with E-state index < -0.39 is 0 Å². The maximum atomic E-state index is 13.3. The van der Waals surface area contributed by atoms with E-state index in [0.717, 1.165) is 28.5 Å². The predicted octanol–water partition coefficient (Wildman–Crippen LogP) is 2.98. The van der Waals surface area contributed by atoms with Gasteiger partial charge in [-0.3, -0.25) is 19.6 Å². The molecule has 4 heterocycles. The highest BCUT2D eigenvalue weighted by Gasteiger charge is 2.39. The van der Waals surface area contributed by atoms with Crippen molar-refractivity contribution in [2.24, 2.45) is 5.92 Å². The highest BCUT2D eigenvalue weighted by molar-refractivity contribution is 6.05. The van der Waals surface area contributed by atoms with E-state index in [1.807, 2.05) is 41.3 Å². The zero-order valence-electron chi connectivity index (χ0n) is 16.4. The maximum absolute atomic E-state index is 13.3. The molecule has 2 amide bonds. The van der Waals surface area contributed by atoms with Gasteiger partial charge in [0.05, 0.1) is 18.0 Å². The molecule has 6 rings (SSSR count). The maximum Gasteiger partial charge on any atom is 0.229 e. The molecule has 1 saturated heterocycles. The smallest absolute Gasteiger partial charge is 0.229 e. The molecule has 4 aromatic rings. The molecule has 0 bridgehead atoms. The number of carbonyl (C=O) groups is 2. The first kappa shape index (κ1) is 17.3. The number of anilines is 1. The number of aromatic nitrogens is 3. The van der Waals surface area contributed by atoms with Gasteiger partial charge in [0.2, 0.25) is 11.8 Å². The Kier molecular flexibility index (Phi) is 3.71. The Balaban J connectivity index is 1.23. The normalized spacial score (nSPS) is 19.1. The fourth-order valence-electron chi connectivity index (χ4n) is 4.87. The van der Waals surface area contributed by atoms with Gasteiger partial charge in [-0.2, -0.15) is 5.10 Å². The number of nitrogens with one attached hydrogen (secondary N) is 2. The molecule has 2 N–H and O–H groups in total. The van der Waals surface area contributed by atoms with Crippen molar-refractivity contribution in [2.45, 2.75) is 19.4 Å². The van der Waals surface area contributed by atoms with Crippen LogP contribution in [0.3, 0.4) is 0 Å². The van der Waals surface area contributed by atoms with Crippen LogP contribution < -0.4 is 4.90 Å². The van der Waals surface area contributed by atoms with E-state index in [1.165, 1.54) is 10.9 Å². The van der Waals surface area contributed by atoms with E-state index in [2.05, 4.69) is 27.3 Å². The van der Waals surface area contributed by atoms with E-state index in [9.17, 15) is 9.59 Å². The third kappa shape index (κ3) is 2.55. The molecular weight excluding hydrogens is 378 g/mol. The van der Waals surface area contributed by atoms with E-state index >= 15 is 0 Å². The van der Waals surface area contributed by atoms with Gasteiger partial charge >= 0.3 is 0 Å². The number of nitrogens with zero attached hydrogens (tertiary/aromatic N) is 3. The second-order valence-corrected chi connectivity index (χ2v) is 8.14. The van der Waals surface area contributed by atoms with Gasteiger partial charge in [0.25, 0.3) is 0 Å². The summed E-state index contributed by atoms with van der Waals surface area (Å²) in [5.41, 5.74) is 4.42. The molecule has 0 saturated carbocycles. The van der Waals surface area contributed by atoms with Crippen molar-refractivity contribution < 1.29 is 9.59 Å². The van der Waals surface area contributed by atoms with Crippen molar-refractivity contribution in [2.75, 3.05) is 18.0 Å². The van der Waals surface area contributed by atoms with Gasteiger partial charge in [-0.15, -0.1) is 0 Å². The van der Waals surface area contributed by atoms with Gasteiger partial charge in [-0.25, -0.2) is 0 Å². The molecule has 1 unspecified atom stereocenters. The molecule has 0 radical (unpaired) electrons. The molecule has 1 fully saturated rings. The molecule has 7 nitrogen and oxygen atoms in total. The van der Waals surface area contributed by atoms with Gasteiger partial charge < -0.3 is 9.88 Å². The zero-order valence-corrected chi connectivity index (χ0v) is 16.4. The Labute approximate surface area is 172 Å². The van der Waals surface area contributed by atoms with Crippen LogP contribution in [0.25, 0.3) is 21.8 Å². The van der Waals surface area contributed by atoms with Crippen LogP contribution in [-0.2, 0) is 22.6 Å². The topological polar surface area (TPSA) is 85.1 Å². The van der Waals surface area contributed by atoms with Gasteiger partial charge in [0.1, 0.15) is 0 Å². The van der Waals surface area contributed by atoms with Crippen molar-refractivity contribution in [1.82, 2.24) is 20.1 Å². The Morgan fingerprint density at radius 1 is 1.03 bits per heavy atom. The number of fused-ring (bicyclic) bond motifs is 4. The predicted molar refractivity (Wildman–Crippen MR) is 114 cm³/mol. The van der Waals surface area contributed by atoms with E-state index in [4.69, 9.17) is 0 Å². The van der Waals surface area contributed by atoms with Crippen molar-refractivity contribution in [3.05, 3.63) is 59.8 Å². The van der Waals surface area contributed by atoms with Crippen LogP contribution >= 0.6 is 0 Å². The molecule has 0 spiro atoms. The summed E-state index contributed by atoms with van der Waals surface area (Å²) in [5, 5.41) is 9.46. The first-order valence-corrected chi connectivity index (χ1v) is 10.3. The molecule has 2 aromatic heterocycles. The molecular formula is C23H21N5O2. The summed E-state index contributed by atoms with van der Waals surface area (Å²) >= 11 is 0. The van der Waals surface area contributed by atoms with Crippen LogP contribution in [0.1, 0.15) is 17.7 Å². The minimum atomic E-state index is -0.334. The molecule has 150 valence electrons. The summed E-state index contributed by atoms with van der Waals surface area (Å²) in [6.45, 7) is 1.63.